The molecule has 1 aromatic heterocycles. The summed E-state index contributed by atoms with van der Waals surface area (Å²) in [6, 6.07) is 2.01. The average Bonchev–Trinajstić information content (AvgIpc) is 2.74. The lowest BCUT2D eigenvalue weighted by atomic mass is 9.97. The molecule has 0 aromatic carbocycles. The summed E-state index contributed by atoms with van der Waals surface area (Å²) in [5, 5.41) is 19.3. The molecule has 1 heterocycles. The van der Waals surface area contributed by atoms with Crippen molar-refractivity contribution in [2.24, 2.45) is 11.8 Å². The first-order valence-corrected chi connectivity index (χ1v) is 5.64. The smallest absolute Gasteiger partial charge is 0.237 e. The quantitative estimate of drug-likeness (QED) is 0.814. The van der Waals surface area contributed by atoms with Crippen LogP contribution in [0.25, 0.3) is 0 Å². The first-order valence-electron chi connectivity index (χ1n) is 5.64. The van der Waals surface area contributed by atoms with Gasteiger partial charge in [-0.2, -0.15) is 5.26 Å². The zero-order chi connectivity index (χ0) is 12.8. The zero-order valence-electron chi connectivity index (χ0n) is 10.3. The molecule has 0 radical (unpaired) electrons. The molecule has 1 aromatic rings. The first kappa shape index (κ1) is 13.2. The van der Waals surface area contributed by atoms with Crippen molar-refractivity contribution in [1.29, 1.82) is 5.26 Å². The maximum atomic E-state index is 11.7. The molecular weight excluding hydrogens is 218 g/mol. The van der Waals surface area contributed by atoms with Crippen LogP contribution in [-0.4, -0.2) is 20.7 Å². The summed E-state index contributed by atoms with van der Waals surface area (Å²) in [5.41, 5.74) is 0. The molecule has 6 nitrogen and oxygen atoms in total. The first-order chi connectivity index (χ1) is 8.10. The molecule has 1 N–H and O–H groups in total. The van der Waals surface area contributed by atoms with Gasteiger partial charge in [-0.3, -0.25) is 4.79 Å². The van der Waals surface area contributed by atoms with Gasteiger partial charge in [0.1, 0.15) is 12.2 Å². The second-order valence-electron chi connectivity index (χ2n) is 4.10. The molecule has 1 unspecified atom stereocenters. The molecule has 92 valence electrons. The average molecular weight is 235 g/mol. The molecular formula is C11H17N5O. The SMILES string of the molecule is CCn1cnnc1CNC(=O)C(C#N)C(C)C. The molecule has 0 spiro atoms. The highest BCUT2D eigenvalue weighted by Gasteiger charge is 2.21. The number of nitriles is 1. The second kappa shape index (κ2) is 5.99. The Morgan fingerprint density at radius 2 is 2.35 bits per heavy atom. The summed E-state index contributed by atoms with van der Waals surface area (Å²) < 4.78 is 1.84. The fourth-order valence-electron chi connectivity index (χ4n) is 1.47. The van der Waals surface area contributed by atoms with E-state index in [1.165, 1.54) is 0 Å². The van der Waals surface area contributed by atoms with Crippen LogP contribution in [0, 0.1) is 23.2 Å². The third-order valence-electron chi connectivity index (χ3n) is 2.55. The van der Waals surface area contributed by atoms with Gasteiger partial charge in [-0.15, -0.1) is 10.2 Å². The highest BCUT2D eigenvalue weighted by molar-refractivity contribution is 5.81. The molecule has 1 atom stereocenters. The predicted octanol–water partition coefficient (Wildman–Crippen LogP) is 0.710. The van der Waals surface area contributed by atoms with Gasteiger partial charge < -0.3 is 9.88 Å². The normalized spacial score (nSPS) is 12.2. The van der Waals surface area contributed by atoms with Crippen LogP contribution < -0.4 is 5.32 Å². The number of amides is 1. The highest BCUT2D eigenvalue weighted by atomic mass is 16.1. The Labute approximate surface area is 101 Å². The van der Waals surface area contributed by atoms with Gasteiger partial charge in [0.15, 0.2) is 5.82 Å². The van der Waals surface area contributed by atoms with E-state index >= 15 is 0 Å². The van der Waals surface area contributed by atoms with Crippen molar-refractivity contribution in [2.75, 3.05) is 0 Å². The third kappa shape index (κ3) is 3.28. The van der Waals surface area contributed by atoms with Gasteiger partial charge in [0.25, 0.3) is 0 Å². The maximum Gasteiger partial charge on any atom is 0.237 e. The Bertz CT molecular complexity index is 418. The lowest BCUT2D eigenvalue weighted by Gasteiger charge is -2.12. The summed E-state index contributed by atoms with van der Waals surface area (Å²) >= 11 is 0. The molecule has 0 bridgehead atoms. The van der Waals surface area contributed by atoms with Crippen molar-refractivity contribution in [2.45, 2.75) is 33.9 Å². The molecule has 1 amide bonds. The van der Waals surface area contributed by atoms with Crippen LogP contribution in [0.4, 0.5) is 0 Å². The van der Waals surface area contributed by atoms with Crippen LogP contribution in [0.5, 0.6) is 0 Å². The van der Waals surface area contributed by atoms with E-state index in [1.807, 2.05) is 31.4 Å². The Balaban J connectivity index is 2.57. The Morgan fingerprint density at radius 1 is 1.65 bits per heavy atom. The van der Waals surface area contributed by atoms with Crippen LogP contribution in [0.1, 0.15) is 26.6 Å². The largest absolute Gasteiger partial charge is 0.348 e. The summed E-state index contributed by atoms with van der Waals surface area (Å²) in [6.45, 7) is 6.73. The topological polar surface area (TPSA) is 83.6 Å². The fourth-order valence-corrected chi connectivity index (χ4v) is 1.47. The van der Waals surface area contributed by atoms with Crippen LogP contribution in [0.15, 0.2) is 6.33 Å². The van der Waals surface area contributed by atoms with E-state index in [1.54, 1.807) is 6.33 Å². The zero-order valence-corrected chi connectivity index (χ0v) is 10.3. The Morgan fingerprint density at radius 3 is 2.88 bits per heavy atom. The molecule has 0 saturated heterocycles. The van der Waals surface area contributed by atoms with Crippen molar-refractivity contribution in [3.8, 4) is 6.07 Å². The summed E-state index contributed by atoms with van der Waals surface area (Å²) in [5.74, 6) is -0.175. The monoisotopic (exact) mass is 235 g/mol. The number of carbonyl (C=O) groups is 1. The standard InChI is InChI=1S/C11H17N5O/c1-4-16-7-14-15-10(16)6-13-11(17)9(5-12)8(2)3/h7-9H,4,6H2,1-3H3,(H,13,17). The fraction of sp³-hybridized carbons (Fsp3) is 0.636. The Kier molecular flexibility index (Phi) is 4.64. The second-order valence-corrected chi connectivity index (χ2v) is 4.10. The van der Waals surface area contributed by atoms with Crippen LogP contribution in [0.2, 0.25) is 0 Å². The summed E-state index contributed by atoms with van der Waals surface area (Å²) in [7, 11) is 0. The van der Waals surface area contributed by atoms with Gasteiger partial charge in [0.2, 0.25) is 5.91 Å². The minimum Gasteiger partial charge on any atom is -0.348 e. The third-order valence-corrected chi connectivity index (χ3v) is 2.55. The van der Waals surface area contributed by atoms with Gasteiger partial charge >= 0.3 is 0 Å². The van der Waals surface area contributed by atoms with Crippen molar-refractivity contribution in [1.82, 2.24) is 20.1 Å². The van der Waals surface area contributed by atoms with Gasteiger partial charge in [-0.05, 0) is 12.8 Å². The van der Waals surface area contributed by atoms with Crippen LogP contribution in [-0.2, 0) is 17.9 Å². The van der Waals surface area contributed by atoms with Crippen LogP contribution >= 0.6 is 0 Å². The molecule has 0 fully saturated rings. The lowest BCUT2D eigenvalue weighted by molar-refractivity contribution is -0.124. The van der Waals surface area contributed by atoms with Gasteiger partial charge in [-0.1, -0.05) is 13.8 Å². The number of carbonyl (C=O) groups excluding carboxylic acids is 1. The maximum absolute atomic E-state index is 11.7. The van der Waals surface area contributed by atoms with Gasteiger partial charge in [-0.25, -0.2) is 0 Å². The molecule has 0 aliphatic heterocycles. The Hall–Kier alpha value is -1.90. The predicted molar refractivity (Wildman–Crippen MR) is 61.5 cm³/mol. The molecule has 0 saturated carbocycles. The van der Waals surface area contributed by atoms with Crippen molar-refractivity contribution >= 4 is 5.91 Å². The van der Waals surface area contributed by atoms with Gasteiger partial charge in [0, 0.05) is 6.54 Å². The molecule has 17 heavy (non-hydrogen) atoms. The van der Waals surface area contributed by atoms with E-state index in [9.17, 15) is 4.79 Å². The summed E-state index contributed by atoms with van der Waals surface area (Å²) in [6.07, 6.45) is 1.62. The number of nitrogens with zero attached hydrogens (tertiary/aromatic N) is 4. The molecule has 1 rings (SSSR count). The van der Waals surface area contributed by atoms with Crippen molar-refractivity contribution in [3.63, 3.8) is 0 Å². The number of hydrogen-bond donors (Lipinski definition) is 1. The highest BCUT2D eigenvalue weighted by Crippen LogP contribution is 2.09. The van der Waals surface area contributed by atoms with Crippen LogP contribution in [0.3, 0.4) is 0 Å². The number of aryl methyl sites for hydroxylation is 1. The number of nitrogens with one attached hydrogen (secondary N) is 1. The molecule has 6 heteroatoms. The van der Waals surface area contributed by atoms with E-state index < -0.39 is 5.92 Å². The van der Waals surface area contributed by atoms with E-state index in [4.69, 9.17) is 5.26 Å². The van der Waals surface area contributed by atoms with Crippen molar-refractivity contribution in [3.05, 3.63) is 12.2 Å². The minimum absolute atomic E-state index is 0.00375. The van der Waals surface area contributed by atoms with E-state index in [0.29, 0.717) is 12.4 Å². The lowest BCUT2D eigenvalue weighted by Crippen LogP contribution is -2.33. The molecule has 0 aliphatic rings. The van der Waals surface area contributed by atoms with Crippen molar-refractivity contribution < 1.29 is 4.79 Å². The molecule has 0 aliphatic carbocycles. The minimum atomic E-state index is -0.618. The van der Waals surface area contributed by atoms with E-state index in [-0.39, 0.29) is 11.8 Å². The van der Waals surface area contributed by atoms with E-state index in [2.05, 4.69) is 15.5 Å². The number of hydrogen-bond acceptors (Lipinski definition) is 4. The summed E-state index contributed by atoms with van der Waals surface area (Å²) in [4.78, 5) is 11.7. The van der Waals surface area contributed by atoms with Gasteiger partial charge in [0.05, 0.1) is 12.6 Å². The number of rotatable bonds is 5. The van der Waals surface area contributed by atoms with E-state index in [0.717, 1.165) is 6.54 Å². The number of aromatic nitrogens is 3.